The van der Waals surface area contributed by atoms with Crippen LogP contribution in [0, 0.1) is 0 Å². The lowest BCUT2D eigenvalue weighted by Gasteiger charge is -2.28. The van der Waals surface area contributed by atoms with E-state index in [0.717, 1.165) is 0 Å². The minimum atomic E-state index is -1.49. The normalized spacial score (nSPS) is 12.0. The molecule has 3 heteroatoms. The Labute approximate surface area is 133 Å². The van der Waals surface area contributed by atoms with Crippen molar-refractivity contribution in [3.8, 4) is 11.1 Å². The number of hydrogen-bond donors (Lipinski definition) is 1. The first-order valence-corrected chi connectivity index (χ1v) is 10.9. The summed E-state index contributed by atoms with van der Waals surface area (Å²) in [5, 5.41) is 2.77. The van der Waals surface area contributed by atoms with Gasteiger partial charge in [0, 0.05) is 34.2 Å². The molecule has 2 nitrogen and oxygen atoms in total. The summed E-state index contributed by atoms with van der Waals surface area (Å²) in [5.41, 5.74) is 3.92. The Bertz CT molecular complexity index is 749. The Morgan fingerprint density at radius 2 is 1.64 bits per heavy atom. The lowest BCUT2D eigenvalue weighted by Crippen LogP contribution is -2.47. The molecule has 1 aromatic carbocycles. The van der Waals surface area contributed by atoms with Gasteiger partial charge in [-0.15, -0.1) is 0 Å². The fraction of sp³-hybridized carbons (Fsp3) is 0.316. The second-order valence-corrected chi connectivity index (χ2v) is 11.2. The molecule has 0 bridgehead atoms. The molecule has 0 spiro atoms. The molecular formula is C19H24N2Si. The highest BCUT2D eigenvalue weighted by atomic mass is 28.3. The Balaban J connectivity index is 2.35. The third kappa shape index (κ3) is 2.30. The molecule has 22 heavy (non-hydrogen) atoms. The predicted octanol–water partition coefficient (Wildman–Crippen LogP) is 4.95. The predicted molar refractivity (Wildman–Crippen MR) is 98.4 cm³/mol. The Kier molecular flexibility index (Phi) is 4.16. The van der Waals surface area contributed by atoms with Crippen LogP contribution >= 0.6 is 0 Å². The zero-order valence-corrected chi connectivity index (χ0v) is 14.7. The number of nitrogens with one attached hydrogen (secondary N) is 1. The van der Waals surface area contributed by atoms with E-state index >= 15 is 0 Å². The van der Waals surface area contributed by atoms with E-state index in [2.05, 4.69) is 67.1 Å². The van der Waals surface area contributed by atoms with Crippen molar-refractivity contribution in [1.29, 1.82) is 0 Å². The Morgan fingerprint density at radius 1 is 0.955 bits per heavy atom. The van der Waals surface area contributed by atoms with Gasteiger partial charge in [-0.2, -0.15) is 0 Å². The second-order valence-electron chi connectivity index (χ2n) is 6.00. The number of benzene rings is 1. The maximum absolute atomic E-state index is 4.37. The van der Waals surface area contributed by atoms with Gasteiger partial charge >= 0.3 is 0 Å². The molecule has 0 amide bonds. The first kappa shape index (κ1) is 15.0. The molecular weight excluding hydrogens is 284 g/mol. The summed E-state index contributed by atoms with van der Waals surface area (Å²) in [6.07, 6.45) is 3.89. The number of rotatable bonds is 5. The quantitative estimate of drug-likeness (QED) is 0.664. The third-order valence-corrected chi connectivity index (χ3v) is 10.7. The minimum absolute atomic E-state index is 1.22. The molecule has 0 saturated carbocycles. The van der Waals surface area contributed by atoms with Gasteiger partial charge in [0.15, 0.2) is 0 Å². The van der Waals surface area contributed by atoms with Gasteiger partial charge in [0.2, 0.25) is 0 Å². The van der Waals surface area contributed by atoms with E-state index in [1.165, 1.54) is 45.5 Å². The van der Waals surface area contributed by atoms with E-state index in [1.807, 2.05) is 12.4 Å². The number of aromatic nitrogens is 2. The SMILES string of the molecule is CC[Si](CC)(CC)c1[nH]c2ccncc2c1-c1ccccc1. The van der Waals surface area contributed by atoms with Crippen LogP contribution in [0.15, 0.2) is 48.8 Å². The van der Waals surface area contributed by atoms with Crippen LogP contribution in [0.5, 0.6) is 0 Å². The summed E-state index contributed by atoms with van der Waals surface area (Å²) in [6.45, 7) is 7.08. The van der Waals surface area contributed by atoms with Crippen LogP contribution in [0.2, 0.25) is 18.1 Å². The van der Waals surface area contributed by atoms with Crippen molar-refractivity contribution in [2.75, 3.05) is 0 Å². The van der Waals surface area contributed by atoms with Crippen molar-refractivity contribution in [3.63, 3.8) is 0 Å². The molecule has 1 N–H and O–H groups in total. The van der Waals surface area contributed by atoms with Crippen molar-refractivity contribution < 1.29 is 0 Å². The molecule has 0 fully saturated rings. The monoisotopic (exact) mass is 308 g/mol. The first-order chi connectivity index (χ1) is 10.8. The van der Waals surface area contributed by atoms with Gasteiger partial charge in [0.05, 0.1) is 0 Å². The lowest BCUT2D eigenvalue weighted by atomic mass is 10.1. The maximum Gasteiger partial charge on any atom is 0.107 e. The lowest BCUT2D eigenvalue weighted by molar-refractivity contribution is 1.18. The van der Waals surface area contributed by atoms with Crippen LogP contribution in [0.4, 0.5) is 0 Å². The highest BCUT2D eigenvalue weighted by molar-refractivity contribution is 6.92. The molecule has 2 aromatic heterocycles. The molecule has 0 aliphatic heterocycles. The molecule has 0 aliphatic carbocycles. The van der Waals surface area contributed by atoms with Gasteiger partial charge in [0.1, 0.15) is 8.07 Å². The van der Waals surface area contributed by atoms with E-state index in [1.54, 1.807) is 0 Å². The van der Waals surface area contributed by atoms with Crippen LogP contribution in [0.1, 0.15) is 20.8 Å². The van der Waals surface area contributed by atoms with E-state index in [0.29, 0.717) is 0 Å². The van der Waals surface area contributed by atoms with Gasteiger partial charge in [0.25, 0.3) is 0 Å². The highest BCUT2D eigenvalue weighted by Crippen LogP contribution is 2.32. The number of H-pyrrole nitrogens is 1. The van der Waals surface area contributed by atoms with Crippen LogP contribution in [0.25, 0.3) is 22.0 Å². The third-order valence-electron chi connectivity index (χ3n) is 5.22. The molecule has 3 aromatic rings. The van der Waals surface area contributed by atoms with Crippen molar-refractivity contribution >= 4 is 24.3 Å². The smallest absolute Gasteiger partial charge is 0.107 e. The summed E-state index contributed by atoms with van der Waals surface area (Å²) in [4.78, 5) is 8.15. The summed E-state index contributed by atoms with van der Waals surface area (Å²) < 4.78 is 0. The molecule has 0 radical (unpaired) electrons. The van der Waals surface area contributed by atoms with Gasteiger partial charge in [-0.1, -0.05) is 69.2 Å². The first-order valence-electron chi connectivity index (χ1n) is 8.27. The molecule has 3 rings (SSSR count). The largest absolute Gasteiger partial charge is 0.361 e. The number of nitrogens with zero attached hydrogens (tertiary/aromatic N) is 1. The van der Waals surface area contributed by atoms with Crippen LogP contribution in [-0.4, -0.2) is 18.0 Å². The van der Waals surface area contributed by atoms with E-state index in [-0.39, 0.29) is 0 Å². The average molecular weight is 309 g/mol. The van der Waals surface area contributed by atoms with Crippen molar-refractivity contribution in [2.45, 2.75) is 38.9 Å². The van der Waals surface area contributed by atoms with Crippen molar-refractivity contribution in [1.82, 2.24) is 9.97 Å². The minimum Gasteiger partial charge on any atom is -0.361 e. The van der Waals surface area contributed by atoms with Crippen LogP contribution in [-0.2, 0) is 0 Å². The number of pyridine rings is 1. The number of hydrogen-bond acceptors (Lipinski definition) is 1. The number of fused-ring (bicyclic) bond motifs is 1. The maximum atomic E-state index is 4.37. The van der Waals surface area contributed by atoms with Crippen molar-refractivity contribution in [2.24, 2.45) is 0 Å². The summed E-state index contributed by atoms with van der Waals surface area (Å²) in [7, 11) is -1.49. The van der Waals surface area contributed by atoms with E-state index < -0.39 is 8.07 Å². The molecule has 114 valence electrons. The number of aromatic amines is 1. The van der Waals surface area contributed by atoms with Gasteiger partial charge in [-0.25, -0.2) is 0 Å². The molecule has 0 unspecified atom stereocenters. The molecule has 0 saturated heterocycles. The molecule has 0 aliphatic rings. The summed E-state index contributed by atoms with van der Waals surface area (Å²) >= 11 is 0. The molecule has 0 atom stereocenters. The summed E-state index contributed by atoms with van der Waals surface area (Å²) in [5.74, 6) is 0. The fourth-order valence-electron chi connectivity index (χ4n) is 3.62. The summed E-state index contributed by atoms with van der Waals surface area (Å²) in [6, 6.07) is 16.7. The zero-order chi connectivity index (χ0) is 15.6. The van der Waals surface area contributed by atoms with Gasteiger partial charge < -0.3 is 4.98 Å². The Hall–Kier alpha value is -1.87. The zero-order valence-electron chi connectivity index (χ0n) is 13.7. The van der Waals surface area contributed by atoms with Gasteiger partial charge in [-0.05, 0) is 11.6 Å². The van der Waals surface area contributed by atoms with Crippen LogP contribution < -0.4 is 5.32 Å². The Morgan fingerprint density at radius 3 is 2.27 bits per heavy atom. The topological polar surface area (TPSA) is 28.7 Å². The van der Waals surface area contributed by atoms with Crippen molar-refractivity contribution in [3.05, 3.63) is 48.8 Å². The van der Waals surface area contributed by atoms with E-state index in [4.69, 9.17) is 0 Å². The molecule has 2 heterocycles. The fourth-order valence-corrected chi connectivity index (χ4v) is 7.39. The van der Waals surface area contributed by atoms with E-state index in [9.17, 15) is 0 Å². The second kappa shape index (κ2) is 6.09. The standard InChI is InChI=1S/C19H24N2Si/c1-4-22(5-2,6-3)19-18(15-10-8-7-9-11-15)16-14-20-13-12-17(16)21-19/h7-14,21H,4-6H2,1-3H3. The van der Waals surface area contributed by atoms with Crippen LogP contribution in [0.3, 0.4) is 0 Å². The van der Waals surface area contributed by atoms with Gasteiger partial charge in [-0.3, -0.25) is 4.98 Å². The highest BCUT2D eigenvalue weighted by Gasteiger charge is 2.34. The average Bonchev–Trinajstić information content (AvgIpc) is 2.98.